The smallest absolute Gasteiger partial charge is 0.311 e. The Morgan fingerprint density at radius 2 is 1.96 bits per heavy atom. The SMILES string of the molecule is COC(=O)[C@]1(C)CC[C@@H](NC(=O)c2ccc(-c3cccc(F)c3)nc2)CC1. The van der Waals surface area contributed by atoms with E-state index in [1.165, 1.54) is 25.4 Å². The maximum Gasteiger partial charge on any atom is 0.311 e. The third-order valence-electron chi connectivity index (χ3n) is 5.25. The molecule has 1 amide bonds. The maximum absolute atomic E-state index is 13.3. The van der Waals surface area contributed by atoms with Crippen LogP contribution in [0.1, 0.15) is 43.0 Å². The minimum atomic E-state index is -0.468. The molecule has 0 spiro atoms. The molecular weight excluding hydrogens is 347 g/mol. The largest absolute Gasteiger partial charge is 0.469 e. The highest BCUT2D eigenvalue weighted by atomic mass is 19.1. The van der Waals surface area contributed by atoms with Gasteiger partial charge in [-0.05, 0) is 56.9 Å². The van der Waals surface area contributed by atoms with E-state index in [2.05, 4.69) is 10.3 Å². The Labute approximate surface area is 158 Å². The molecule has 0 aliphatic heterocycles. The first-order valence-corrected chi connectivity index (χ1v) is 9.02. The number of nitrogens with zero attached hydrogens (tertiary/aromatic N) is 1. The first kappa shape index (κ1) is 19.0. The van der Waals surface area contributed by atoms with E-state index < -0.39 is 5.41 Å². The third kappa shape index (κ3) is 4.32. The molecule has 0 radical (unpaired) electrons. The number of hydrogen-bond acceptors (Lipinski definition) is 4. The van der Waals surface area contributed by atoms with E-state index in [9.17, 15) is 14.0 Å². The lowest BCUT2D eigenvalue weighted by molar-refractivity contribution is -0.153. The second-order valence-corrected chi connectivity index (χ2v) is 7.24. The van der Waals surface area contributed by atoms with E-state index in [1.54, 1.807) is 24.3 Å². The van der Waals surface area contributed by atoms with Crippen LogP contribution >= 0.6 is 0 Å². The molecule has 1 N–H and O–H groups in total. The summed E-state index contributed by atoms with van der Waals surface area (Å²) in [6.07, 6.45) is 4.32. The van der Waals surface area contributed by atoms with Crippen molar-refractivity contribution in [3.63, 3.8) is 0 Å². The van der Waals surface area contributed by atoms with Crippen molar-refractivity contribution in [2.24, 2.45) is 5.41 Å². The van der Waals surface area contributed by atoms with Crippen molar-refractivity contribution in [3.05, 3.63) is 54.0 Å². The molecule has 27 heavy (non-hydrogen) atoms. The lowest BCUT2D eigenvalue weighted by atomic mass is 9.74. The summed E-state index contributed by atoms with van der Waals surface area (Å²) in [6, 6.07) is 9.59. The predicted molar refractivity (Wildman–Crippen MR) is 99.5 cm³/mol. The van der Waals surface area contributed by atoms with Gasteiger partial charge in [0.1, 0.15) is 5.82 Å². The molecule has 142 valence electrons. The molecule has 0 saturated heterocycles. The number of halogens is 1. The molecular formula is C21H23FN2O3. The van der Waals surface area contributed by atoms with Gasteiger partial charge in [0.15, 0.2) is 0 Å². The molecule has 1 aromatic carbocycles. The summed E-state index contributed by atoms with van der Waals surface area (Å²) in [6.45, 7) is 1.91. The molecule has 0 atom stereocenters. The molecule has 1 aliphatic carbocycles. The van der Waals surface area contributed by atoms with Gasteiger partial charge in [0.2, 0.25) is 0 Å². The molecule has 1 fully saturated rings. The second-order valence-electron chi connectivity index (χ2n) is 7.24. The number of aromatic nitrogens is 1. The zero-order valence-electron chi connectivity index (χ0n) is 15.5. The van der Waals surface area contributed by atoms with Gasteiger partial charge in [-0.3, -0.25) is 14.6 Å². The summed E-state index contributed by atoms with van der Waals surface area (Å²) in [4.78, 5) is 28.6. The van der Waals surface area contributed by atoms with Gasteiger partial charge in [0.05, 0.1) is 23.8 Å². The summed E-state index contributed by atoms with van der Waals surface area (Å²) in [7, 11) is 1.40. The highest BCUT2D eigenvalue weighted by molar-refractivity contribution is 5.94. The van der Waals surface area contributed by atoms with Crippen LogP contribution in [0.25, 0.3) is 11.3 Å². The molecule has 0 unspecified atom stereocenters. The van der Waals surface area contributed by atoms with Crippen LogP contribution in [-0.2, 0) is 9.53 Å². The quantitative estimate of drug-likeness (QED) is 0.833. The Morgan fingerprint density at radius 1 is 1.22 bits per heavy atom. The average Bonchev–Trinajstić information content (AvgIpc) is 2.69. The Balaban J connectivity index is 1.60. The molecule has 2 aromatic rings. The number of methoxy groups -OCH3 is 1. The summed E-state index contributed by atoms with van der Waals surface area (Å²) in [5.41, 5.74) is 1.26. The molecule has 1 saturated carbocycles. The Kier molecular flexibility index (Phi) is 5.54. The minimum absolute atomic E-state index is 0.0260. The number of amides is 1. The Morgan fingerprint density at radius 3 is 2.56 bits per heavy atom. The van der Waals surface area contributed by atoms with Crippen LogP contribution in [0.15, 0.2) is 42.6 Å². The van der Waals surface area contributed by atoms with Crippen molar-refractivity contribution in [1.29, 1.82) is 0 Å². The normalized spacial score (nSPS) is 22.1. The molecule has 1 aromatic heterocycles. The van der Waals surface area contributed by atoms with Gasteiger partial charge >= 0.3 is 5.97 Å². The van der Waals surface area contributed by atoms with Crippen LogP contribution in [0, 0.1) is 11.2 Å². The number of pyridine rings is 1. The third-order valence-corrected chi connectivity index (χ3v) is 5.25. The van der Waals surface area contributed by atoms with E-state index in [-0.39, 0.29) is 23.7 Å². The number of nitrogens with one attached hydrogen (secondary N) is 1. The number of hydrogen-bond donors (Lipinski definition) is 1. The number of benzene rings is 1. The summed E-state index contributed by atoms with van der Waals surface area (Å²) in [5, 5.41) is 3.01. The van der Waals surface area contributed by atoms with E-state index >= 15 is 0 Å². The number of carbonyl (C=O) groups is 2. The molecule has 1 aliphatic rings. The van der Waals surface area contributed by atoms with Crippen molar-refractivity contribution in [1.82, 2.24) is 10.3 Å². The van der Waals surface area contributed by atoms with E-state index in [0.29, 0.717) is 29.7 Å². The lowest BCUT2D eigenvalue weighted by Crippen LogP contribution is -2.42. The van der Waals surface area contributed by atoms with Crippen LogP contribution in [0.3, 0.4) is 0 Å². The van der Waals surface area contributed by atoms with Crippen molar-refractivity contribution in [3.8, 4) is 11.3 Å². The second kappa shape index (κ2) is 7.86. The monoisotopic (exact) mass is 370 g/mol. The van der Waals surface area contributed by atoms with E-state index in [0.717, 1.165) is 12.8 Å². The summed E-state index contributed by atoms with van der Waals surface area (Å²) >= 11 is 0. The van der Waals surface area contributed by atoms with Gasteiger partial charge in [-0.25, -0.2) is 4.39 Å². The number of rotatable bonds is 4. The predicted octanol–water partition coefficient (Wildman–Crippen LogP) is 3.74. The van der Waals surface area contributed by atoms with Crippen molar-refractivity contribution >= 4 is 11.9 Å². The molecule has 0 bridgehead atoms. The zero-order chi connectivity index (χ0) is 19.4. The zero-order valence-corrected chi connectivity index (χ0v) is 15.5. The number of carbonyl (C=O) groups excluding carboxylic acids is 2. The van der Waals surface area contributed by atoms with Crippen molar-refractivity contribution in [2.45, 2.75) is 38.6 Å². The molecule has 3 rings (SSSR count). The van der Waals surface area contributed by atoms with Crippen molar-refractivity contribution < 1.29 is 18.7 Å². The molecule has 1 heterocycles. The van der Waals surface area contributed by atoms with Crippen LogP contribution in [0.5, 0.6) is 0 Å². The molecule has 5 nitrogen and oxygen atoms in total. The van der Waals surface area contributed by atoms with Crippen LogP contribution in [-0.4, -0.2) is 30.0 Å². The Bertz CT molecular complexity index is 828. The highest BCUT2D eigenvalue weighted by Gasteiger charge is 2.38. The van der Waals surface area contributed by atoms with Gasteiger partial charge in [-0.15, -0.1) is 0 Å². The van der Waals surface area contributed by atoms with E-state index in [4.69, 9.17) is 4.74 Å². The van der Waals surface area contributed by atoms with Crippen molar-refractivity contribution in [2.75, 3.05) is 7.11 Å². The van der Waals surface area contributed by atoms with Crippen LogP contribution in [0.4, 0.5) is 4.39 Å². The fourth-order valence-electron chi connectivity index (χ4n) is 3.47. The van der Waals surface area contributed by atoms with E-state index in [1.807, 2.05) is 6.92 Å². The fourth-order valence-corrected chi connectivity index (χ4v) is 3.47. The van der Waals surface area contributed by atoms with Gasteiger partial charge < -0.3 is 10.1 Å². The minimum Gasteiger partial charge on any atom is -0.469 e. The van der Waals surface area contributed by atoms with Gasteiger partial charge in [0, 0.05) is 17.8 Å². The lowest BCUT2D eigenvalue weighted by Gasteiger charge is -2.35. The topological polar surface area (TPSA) is 68.3 Å². The number of esters is 1. The summed E-state index contributed by atoms with van der Waals surface area (Å²) in [5.74, 6) is -0.711. The van der Waals surface area contributed by atoms with Crippen LogP contribution < -0.4 is 5.32 Å². The fraction of sp³-hybridized carbons (Fsp3) is 0.381. The molecule has 6 heteroatoms. The first-order valence-electron chi connectivity index (χ1n) is 9.02. The highest BCUT2D eigenvalue weighted by Crippen LogP contribution is 2.37. The first-order chi connectivity index (χ1) is 12.9. The van der Waals surface area contributed by atoms with Gasteiger partial charge in [0.25, 0.3) is 5.91 Å². The maximum atomic E-state index is 13.3. The average molecular weight is 370 g/mol. The van der Waals surface area contributed by atoms with Crippen LogP contribution in [0.2, 0.25) is 0 Å². The number of ether oxygens (including phenoxy) is 1. The van der Waals surface area contributed by atoms with Gasteiger partial charge in [-0.2, -0.15) is 0 Å². The summed E-state index contributed by atoms with van der Waals surface area (Å²) < 4.78 is 18.2. The Hall–Kier alpha value is -2.76. The standard InChI is InChI=1S/C21H23FN2O3/c1-21(20(26)27-2)10-8-17(9-11-21)24-19(25)15-6-7-18(23-13-15)14-4-3-5-16(22)12-14/h3-7,12-13,17H,8-11H2,1-2H3,(H,24,25)/t17-,21-. The van der Waals surface area contributed by atoms with Gasteiger partial charge in [-0.1, -0.05) is 12.1 Å².